The second-order valence-electron chi connectivity index (χ2n) is 5.35. The van der Waals surface area contributed by atoms with E-state index in [1.54, 1.807) is 24.3 Å². The van der Waals surface area contributed by atoms with Crippen molar-refractivity contribution in [1.29, 1.82) is 0 Å². The predicted molar refractivity (Wildman–Crippen MR) is 71.7 cm³/mol. The number of rotatable bonds is 3. The molecule has 0 atom stereocenters. The van der Waals surface area contributed by atoms with Crippen molar-refractivity contribution in [2.24, 2.45) is 16.3 Å². The molecule has 1 aromatic rings. The normalized spacial score (nSPS) is 12.3. The molecule has 18 heavy (non-hydrogen) atoms. The maximum absolute atomic E-state index is 11.7. The molecule has 1 aromatic carbocycles. The van der Waals surface area contributed by atoms with Crippen LogP contribution in [0.25, 0.3) is 0 Å². The van der Waals surface area contributed by atoms with Crippen LogP contribution < -0.4 is 11.1 Å². The van der Waals surface area contributed by atoms with Crippen molar-refractivity contribution in [2.45, 2.75) is 27.2 Å². The molecule has 0 radical (unpaired) electrons. The van der Waals surface area contributed by atoms with Crippen LogP contribution in [-0.4, -0.2) is 17.0 Å². The van der Waals surface area contributed by atoms with Gasteiger partial charge in [-0.3, -0.25) is 4.79 Å². The van der Waals surface area contributed by atoms with Crippen LogP contribution in [-0.2, 0) is 4.79 Å². The third-order valence-corrected chi connectivity index (χ3v) is 2.26. The zero-order valence-electron chi connectivity index (χ0n) is 10.9. The van der Waals surface area contributed by atoms with Gasteiger partial charge in [0.15, 0.2) is 5.84 Å². The minimum absolute atomic E-state index is 0.0287. The topological polar surface area (TPSA) is 87.7 Å². The number of amidine groups is 1. The Morgan fingerprint density at radius 1 is 1.33 bits per heavy atom. The summed E-state index contributed by atoms with van der Waals surface area (Å²) >= 11 is 0. The number of benzene rings is 1. The number of oxime groups is 1. The maximum atomic E-state index is 11.7. The number of anilines is 1. The summed E-state index contributed by atoms with van der Waals surface area (Å²) in [5.74, 6) is 0.0154. The molecule has 0 fully saturated rings. The Bertz CT molecular complexity index is 444. The van der Waals surface area contributed by atoms with Crippen LogP contribution >= 0.6 is 0 Å². The van der Waals surface area contributed by atoms with Crippen LogP contribution in [0.1, 0.15) is 32.8 Å². The van der Waals surface area contributed by atoms with Gasteiger partial charge in [-0.15, -0.1) is 0 Å². The summed E-state index contributed by atoms with van der Waals surface area (Å²) in [6.45, 7) is 6.02. The van der Waals surface area contributed by atoms with Gasteiger partial charge < -0.3 is 16.3 Å². The third-order valence-electron chi connectivity index (χ3n) is 2.26. The van der Waals surface area contributed by atoms with Gasteiger partial charge in [0.2, 0.25) is 5.91 Å². The zero-order chi connectivity index (χ0) is 13.8. The summed E-state index contributed by atoms with van der Waals surface area (Å²) in [7, 11) is 0. The Hall–Kier alpha value is -2.04. The Kier molecular flexibility index (Phi) is 4.31. The highest BCUT2D eigenvalue weighted by molar-refractivity contribution is 5.98. The first-order valence-corrected chi connectivity index (χ1v) is 5.69. The Morgan fingerprint density at radius 3 is 2.33 bits per heavy atom. The summed E-state index contributed by atoms with van der Waals surface area (Å²) in [5, 5.41) is 14.2. The molecule has 1 rings (SSSR count). The lowest BCUT2D eigenvalue weighted by Gasteiger charge is -2.17. The van der Waals surface area contributed by atoms with E-state index in [1.165, 1.54) is 0 Å². The SMILES string of the molecule is CC(C)(C)CC(=O)Nc1ccc(/C(N)=N/O)cc1. The number of hydrogen-bond donors (Lipinski definition) is 3. The minimum atomic E-state index is -0.0437. The second-order valence-corrected chi connectivity index (χ2v) is 5.35. The zero-order valence-corrected chi connectivity index (χ0v) is 10.9. The number of carbonyl (C=O) groups excluding carboxylic acids is 1. The highest BCUT2D eigenvalue weighted by Crippen LogP contribution is 2.19. The van der Waals surface area contributed by atoms with Gasteiger partial charge in [0.05, 0.1) is 0 Å². The highest BCUT2D eigenvalue weighted by Gasteiger charge is 2.15. The van der Waals surface area contributed by atoms with Crippen molar-refractivity contribution >= 4 is 17.4 Å². The molecule has 0 bridgehead atoms. The highest BCUT2D eigenvalue weighted by atomic mass is 16.4. The van der Waals surface area contributed by atoms with Gasteiger partial charge in [-0.2, -0.15) is 0 Å². The van der Waals surface area contributed by atoms with E-state index in [0.717, 1.165) is 0 Å². The van der Waals surface area contributed by atoms with Gasteiger partial charge in [-0.1, -0.05) is 25.9 Å². The largest absolute Gasteiger partial charge is 0.409 e. The minimum Gasteiger partial charge on any atom is -0.409 e. The van der Waals surface area contributed by atoms with Crippen molar-refractivity contribution in [3.05, 3.63) is 29.8 Å². The van der Waals surface area contributed by atoms with Gasteiger partial charge in [0.25, 0.3) is 0 Å². The van der Waals surface area contributed by atoms with Crippen LogP contribution in [0.3, 0.4) is 0 Å². The smallest absolute Gasteiger partial charge is 0.224 e. The van der Waals surface area contributed by atoms with E-state index in [4.69, 9.17) is 10.9 Å². The van der Waals surface area contributed by atoms with Crippen molar-refractivity contribution in [2.75, 3.05) is 5.32 Å². The molecule has 0 heterocycles. The van der Waals surface area contributed by atoms with Crippen LogP contribution in [0.4, 0.5) is 5.69 Å². The lowest BCUT2D eigenvalue weighted by atomic mass is 9.92. The van der Waals surface area contributed by atoms with Gasteiger partial charge in [-0.25, -0.2) is 0 Å². The van der Waals surface area contributed by atoms with E-state index in [9.17, 15) is 4.79 Å². The number of nitrogens with two attached hydrogens (primary N) is 1. The van der Waals surface area contributed by atoms with Crippen molar-refractivity contribution in [1.82, 2.24) is 0 Å². The number of nitrogens with one attached hydrogen (secondary N) is 1. The van der Waals surface area contributed by atoms with E-state index < -0.39 is 0 Å². The summed E-state index contributed by atoms with van der Waals surface area (Å²) in [5.41, 5.74) is 6.69. The molecule has 98 valence electrons. The van der Waals surface area contributed by atoms with E-state index in [2.05, 4.69) is 10.5 Å². The van der Waals surface area contributed by atoms with E-state index >= 15 is 0 Å². The first-order chi connectivity index (χ1) is 8.31. The molecule has 1 amide bonds. The van der Waals surface area contributed by atoms with Crippen molar-refractivity contribution in [3.8, 4) is 0 Å². The van der Waals surface area contributed by atoms with Gasteiger partial charge in [-0.05, 0) is 29.7 Å². The molecule has 0 saturated carbocycles. The molecule has 0 aliphatic carbocycles. The summed E-state index contributed by atoms with van der Waals surface area (Å²) in [6, 6.07) is 6.80. The summed E-state index contributed by atoms with van der Waals surface area (Å²) in [6.07, 6.45) is 0.453. The second kappa shape index (κ2) is 5.53. The standard InChI is InChI=1S/C13H19N3O2/c1-13(2,3)8-11(17)15-10-6-4-9(5-7-10)12(14)16-18/h4-7,18H,8H2,1-3H3,(H2,14,16)(H,15,17). The molecule has 0 aliphatic rings. The predicted octanol–water partition coefficient (Wildman–Crippen LogP) is 2.16. The first kappa shape index (κ1) is 14.0. The number of hydrogen-bond acceptors (Lipinski definition) is 3. The van der Waals surface area contributed by atoms with Crippen molar-refractivity contribution in [3.63, 3.8) is 0 Å². The molecule has 4 N–H and O–H groups in total. The summed E-state index contributed by atoms with van der Waals surface area (Å²) in [4.78, 5) is 11.7. The molecular formula is C13H19N3O2. The quantitative estimate of drug-likeness (QED) is 0.332. The third kappa shape index (κ3) is 4.45. The molecule has 0 aliphatic heterocycles. The van der Waals surface area contributed by atoms with Crippen LogP contribution in [0.2, 0.25) is 0 Å². The average Bonchev–Trinajstić information content (AvgIpc) is 2.26. The molecule has 0 aromatic heterocycles. The van der Waals surface area contributed by atoms with Gasteiger partial charge >= 0.3 is 0 Å². The van der Waals surface area contributed by atoms with Gasteiger partial charge in [0, 0.05) is 17.7 Å². The van der Waals surface area contributed by atoms with E-state index in [1.807, 2.05) is 20.8 Å². The molecular weight excluding hydrogens is 230 g/mol. The maximum Gasteiger partial charge on any atom is 0.224 e. The fraction of sp³-hybridized carbons (Fsp3) is 0.385. The Morgan fingerprint density at radius 2 is 1.89 bits per heavy atom. The molecule has 5 heteroatoms. The van der Waals surface area contributed by atoms with E-state index in [0.29, 0.717) is 17.7 Å². The number of carbonyl (C=O) groups is 1. The monoisotopic (exact) mass is 249 g/mol. The molecule has 0 spiro atoms. The average molecular weight is 249 g/mol. The van der Waals surface area contributed by atoms with Gasteiger partial charge in [0.1, 0.15) is 0 Å². The Labute approximate surface area is 107 Å². The fourth-order valence-corrected chi connectivity index (χ4v) is 1.47. The van der Waals surface area contributed by atoms with Crippen LogP contribution in [0.15, 0.2) is 29.4 Å². The number of amides is 1. The van der Waals surface area contributed by atoms with Crippen molar-refractivity contribution < 1.29 is 10.0 Å². The first-order valence-electron chi connectivity index (χ1n) is 5.69. The van der Waals surface area contributed by atoms with Crippen LogP contribution in [0.5, 0.6) is 0 Å². The fourth-order valence-electron chi connectivity index (χ4n) is 1.47. The van der Waals surface area contributed by atoms with Crippen LogP contribution in [0, 0.1) is 5.41 Å². The lowest BCUT2D eigenvalue weighted by molar-refractivity contribution is -0.117. The van der Waals surface area contributed by atoms with E-state index in [-0.39, 0.29) is 17.2 Å². The number of nitrogens with zero attached hydrogens (tertiary/aromatic N) is 1. The summed E-state index contributed by atoms with van der Waals surface area (Å²) < 4.78 is 0. The lowest BCUT2D eigenvalue weighted by Crippen LogP contribution is -2.19. The molecule has 0 unspecified atom stereocenters. The molecule has 5 nitrogen and oxygen atoms in total. The molecule has 0 saturated heterocycles. The Balaban J connectivity index is 2.67.